The molecular weight excluding hydrogens is 514 g/mol. The van der Waals surface area contributed by atoms with Gasteiger partial charge in [0, 0.05) is 36.7 Å². The van der Waals surface area contributed by atoms with E-state index in [9.17, 15) is 9.59 Å². The average molecular weight is 554 g/mol. The summed E-state index contributed by atoms with van der Waals surface area (Å²) in [6.45, 7) is 8.56. The molecule has 0 aliphatic carbocycles. The van der Waals surface area contributed by atoms with Crippen molar-refractivity contribution in [1.29, 1.82) is 0 Å². The summed E-state index contributed by atoms with van der Waals surface area (Å²) in [6, 6.07) is 16.1. The molecule has 1 spiro atoms. The van der Waals surface area contributed by atoms with Gasteiger partial charge >= 0.3 is 6.09 Å². The van der Waals surface area contributed by atoms with Gasteiger partial charge in [0.15, 0.2) is 0 Å². The molecule has 39 heavy (non-hydrogen) atoms. The highest BCUT2D eigenvalue weighted by Crippen LogP contribution is 2.44. The molecule has 7 nitrogen and oxygen atoms in total. The first kappa shape index (κ1) is 27.9. The minimum absolute atomic E-state index is 0.0286. The van der Waals surface area contributed by atoms with E-state index in [1.54, 1.807) is 0 Å². The Morgan fingerprint density at radius 2 is 1.90 bits per heavy atom. The number of carbonyl (C=O) groups is 2. The molecule has 3 heterocycles. The highest BCUT2D eigenvalue weighted by Gasteiger charge is 2.43. The zero-order valence-corrected chi connectivity index (χ0v) is 24.0. The zero-order chi connectivity index (χ0) is 27.6. The van der Waals surface area contributed by atoms with Crippen molar-refractivity contribution in [3.05, 3.63) is 70.2 Å². The van der Waals surface area contributed by atoms with Crippen LogP contribution < -0.4 is 5.32 Å². The summed E-state index contributed by atoms with van der Waals surface area (Å²) in [4.78, 5) is 30.0. The first-order chi connectivity index (χ1) is 18.6. The van der Waals surface area contributed by atoms with Gasteiger partial charge in [-0.05, 0) is 81.7 Å². The van der Waals surface area contributed by atoms with Gasteiger partial charge in [-0.3, -0.25) is 4.79 Å². The van der Waals surface area contributed by atoms with Gasteiger partial charge in [-0.15, -0.1) is 0 Å². The number of fused-ring (bicyclic) bond motifs is 2. The number of nitrogens with one attached hydrogen (secondary N) is 1. The topological polar surface area (TPSA) is 71.1 Å². The fourth-order valence-electron chi connectivity index (χ4n) is 6.21. The lowest BCUT2D eigenvalue weighted by Gasteiger charge is -2.39. The number of nitrogens with zero attached hydrogens (tertiary/aromatic N) is 2. The molecule has 3 aliphatic heterocycles. The lowest BCUT2D eigenvalue weighted by atomic mass is 9.84. The van der Waals surface area contributed by atoms with Gasteiger partial charge in [-0.25, -0.2) is 4.79 Å². The maximum absolute atomic E-state index is 13.3. The molecule has 2 amide bonds. The first-order valence-corrected chi connectivity index (χ1v) is 14.5. The van der Waals surface area contributed by atoms with Crippen molar-refractivity contribution in [2.24, 2.45) is 0 Å². The highest BCUT2D eigenvalue weighted by molar-refractivity contribution is 6.30. The third-order valence-corrected chi connectivity index (χ3v) is 8.43. The molecule has 2 atom stereocenters. The van der Waals surface area contributed by atoms with Crippen molar-refractivity contribution in [1.82, 2.24) is 15.1 Å². The van der Waals surface area contributed by atoms with E-state index < -0.39 is 5.60 Å². The molecule has 2 aromatic carbocycles. The van der Waals surface area contributed by atoms with Crippen LogP contribution >= 0.6 is 11.6 Å². The minimum atomic E-state index is -0.542. The van der Waals surface area contributed by atoms with E-state index in [0.717, 1.165) is 31.2 Å². The quantitative estimate of drug-likeness (QED) is 0.489. The van der Waals surface area contributed by atoms with Crippen molar-refractivity contribution in [2.45, 2.75) is 82.8 Å². The number of halogens is 1. The van der Waals surface area contributed by atoms with Gasteiger partial charge < -0.3 is 24.6 Å². The predicted octanol–water partition coefficient (Wildman–Crippen LogP) is 5.81. The number of hydrogen-bond acceptors (Lipinski definition) is 5. The van der Waals surface area contributed by atoms with E-state index in [0.29, 0.717) is 37.7 Å². The summed E-state index contributed by atoms with van der Waals surface area (Å²) >= 11 is 6.34. The number of amides is 2. The highest BCUT2D eigenvalue weighted by atomic mass is 35.5. The van der Waals surface area contributed by atoms with Crippen molar-refractivity contribution in [3.8, 4) is 0 Å². The number of benzene rings is 2. The number of likely N-dealkylation sites (tertiary alicyclic amines) is 2. The summed E-state index contributed by atoms with van der Waals surface area (Å²) in [5, 5.41) is 4.16. The lowest BCUT2D eigenvalue weighted by molar-refractivity contribution is -0.137. The van der Waals surface area contributed by atoms with Crippen LogP contribution in [0.2, 0.25) is 5.02 Å². The molecule has 8 heteroatoms. The van der Waals surface area contributed by atoms with E-state index >= 15 is 0 Å². The van der Waals surface area contributed by atoms with Gasteiger partial charge in [-0.2, -0.15) is 0 Å². The fourth-order valence-corrected chi connectivity index (χ4v) is 6.41. The van der Waals surface area contributed by atoms with Gasteiger partial charge in [0.1, 0.15) is 5.60 Å². The van der Waals surface area contributed by atoms with Crippen LogP contribution in [-0.2, 0) is 26.5 Å². The summed E-state index contributed by atoms with van der Waals surface area (Å²) in [5.41, 5.74) is 2.75. The number of hydrogen-bond donors (Lipinski definition) is 1. The summed E-state index contributed by atoms with van der Waals surface area (Å²) < 4.78 is 11.9. The number of rotatable bonds is 6. The second-order valence-corrected chi connectivity index (χ2v) is 12.5. The van der Waals surface area contributed by atoms with Crippen LogP contribution in [0.25, 0.3) is 0 Å². The molecule has 3 aliphatic rings. The molecule has 210 valence electrons. The Balaban J connectivity index is 1.22. The number of ether oxygens (including phenoxy) is 2. The van der Waals surface area contributed by atoms with E-state index in [-0.39, 0.29) is 36.2 Å². The van der Waals surface area contributed by atoms with Crippen LogP contribution in [0.4, 0.5) is 4.79 Å². The third kappa shape index (κ3) is 6.42. The van der Waals surface area contributed by atoms with Crippen LogP contribution in [0.15, 0.2) is 48.5 Å². The molecule has 0 saturated carbocycles. The van der Waals surface area contributed by atoms with Gasteiger partial charge in [0.25, 0.3) is 0 Å². The monoisotopic (exact) mass is 553 g/mol. The van der Waals surface area contributed by atoms with E-state index in [4.69, 9.17) is 21.1 Å². The number of carbonyl (C=O) groups excluding carboxylic acids is 2. The third-order valence-electron chi connectivity index (χ3n) is 8.20. The van der Waals surface area contributed by atoms with Crippen molar-refractivity contribution in [3.63, 3.8) is 0 Å². The van der Waals surface area contributed by atoms with E-state index in [1.165, 1.54) is 11.1 Å². The molecule has 2 aromatic rings. The smallest absolute Gasteiger partial charge is 0.410 e. The molecule has 5 rings (SSSR count). The normalized spacial score (nSPS) is 21.2. The SMILES string of the molecule is CC(C)(C)OC(=O)N1CCCC1C[C@H](NCC(=O)N1CCC2(CC1)OCc1ccccc12)c1cccc(Cl)c1. The standard InChI is InChI=1S/C31H40ClN3O4/c1-30(2,3)39-29(37)35-15-7-11-25(35)19-27(22-9-6-10-24(32)18-22)33-20-28(36)34-16-13-31(14-17-34)26-12-5-4-8-23(26)21-38-31/h4-6,8-10,12,18,25,27,33H,7,11,13-17,19-21H2,1-3H3/t25?,27-/m0/s1. The van der Waals surface area contributed by atoms with Crippen LogP contribution in [0.1, 0.15) is 75.6 Å². The minimum Gasteiger partial charge on any atom is -0.444 e. The molecule has 0 bridgehead atoms. The fraction of sp³-hybridized carbons (Fsp3) is 0.548. The molecule has 0 radical (unpaired) electrons. The zero-order valence-electron chi connectivity index (χ0n) is 23.2. The molecule has 2 saturated heterocycles. The Morgan fingerprint density at radius 3 is 2.64 bits per heavy atom. The van der Waals surface area contributed by atoms with Gasteiger partial charge in [0.2, 0.25) is 5.91 Å². The van der Waals surface area contributed by atoms with E-state index in [2.05, 4.69) is 29.6 Å². The van der Waals surface area contributed by atoms with E-state index in [1.807, 2.05) is 54.8 Å². The van der Waals surface area contributed by atoms with Crippen LogP contribution in [0.3, 0.4) is 0 Å². The summed E-state index contributed by atoms with van der Waals surface area (Å²) in [6.07, 6.45) is 3.86. The maximum Gasteiger partial charge on any atom is 0.410 e. The Bertz CT molecular complexity index is 1190. The van der Waals surface area contributed by atoms with Gasteiger partial charge in [0.05, 0.1) is 18.8 Å². The Labute approximate surface area is 236 Å². The summed E-state index contributed by atoms with van der Waals surface area (Å²) in [5.74, 6) is 0.0820. The first-order valence-electron chi connectivity index (χ1n) is 14.1. The van der Waals surface area contributed by atoms with Gasteiger partial charge in [-0.1, -0.05) is 48.0 Å². The second kappa shape index (κ2) is 11.5. The Morgan fingerprint density at radius 1 is 1.13 bits per heavy atom. The predicted molar refractivity (Wildman–Crippen MR) is 151 cm³/mol. The largest absolute Gasteiger partial charge is 0.444 e. The number of piperidine rings is 1. The van der Waals surface area contributed by atoms with Crippen LogP contribution in [0, 0.1) is 0 Å². The lowest BCUT2D eigenvalue weighted by Crippen LogP contribution is -2.48. The van der Waals surface area contributed by atoms with Crippen LogP contribution in [-0.4, -0.2) is 59.6 Å². The molecule has 0 aromatic heterocycles. The maximum atomic E-state index is 13.3. The molecule has 2 fully saturated rings. The second-order valence-electron chi connectivity index (χ2n) is 12.0. The molecular formula is C31H40ClN3O4. The Kier molecular flexibility index (Phi) is 8.22. The molecule has 1 unspecified atom stereocenters. The van der Waals surface area contributed by atoms with Crippen molar-refractivity contribution < 1.29 is 19.1 Å². The van der Waals surface area contributed by atoms with Crippen molar-refractivity contribution >= 4 is 23.6 Å². The average Bonchev–Trinajstić information content (AvgIpc) is 3.51. The van der Waals surface area contributed by atoms with Crippen molar-refractivity contribution in [2.75, 3.05) is 26.2 Å². The van der Waals surface area contributed by atoms with Crippen LogP contribution in [0.5, 0.6) is 0 Å². The summed E-state index contributed by atoms with van der Waals surface area (Å²) in [7, 11) is 0. The Hall–Kier alpha value is -2.61. The molecule has 1 N–H and O–H groups in total.